The highest BCUT2D eigenvalue weighted by atomic mass is 16.4. The van der Waals surface area contributed by atoms with Crippen LogP contribution in [0.2, 0.25) is 0 Å². The summed E-state index contributed by atoms with van der Waals surface area (Å²) < 4.78 is 0. The van der Waals surface area contributed by atoms with Crippen LogP contribution in [-0.2, 0) is 6.42 Å². The number of hydrogen-bond donors (Lipinski definition) is 1. The van der Waals surface area contributed by atoms with Crippen LogP contribution in [-0.4, -0.2) is 53.7 Å². The van der Waals surface area contributed by atoms with Gasteiger partial charge in [0, 0.05) is 32.7 Å². The van der Waals surface area contributed by atoms with Crippen molar-refractivity contribution in [3.8, 4) is 0 Å². The van der Waals surface area contributed by atoms with Crippen LogP contribution in [0.5, 0.6) is 0 Å². The van der Waals surface area contributed by atoms with E-state index in [9.17, 15) is 4.79 Å². The first kappa shape index (κ1) is 15.5. The third-order valence-electron chi connectivity index (χ3n) is 4.21. The molecule has 0 atom stereocenters. The number of carboxylic acids is 1. The van der Waals surface area contributed by atoms with E-state index in [1.807, 2.05) is 12.1 Å². The summed E-state index contributed by atoms with van der Waals surface area (Å²) in [4.78, 5) is 19.8. The third-order valence-corrected chi connectivity index (χ3v) is 4.21. The first-order valence-corrected chi connectivity index (χ1v) is 7.94. The zero-order chi connectivity index (χ0) is 16.1. The average Bonchev–Trinajstić information content (AvgIpc) is 2.61. The van der Waals surface area contributed by atoms with E-state index in [2.05, 4.69) is 39.0 Å². The molecule has 0 radical (unpaired) electrons. The molecule has 0 bridgehead atoms. The highest BCUT2D eigenvalue weighted by Gasteiger charge is 2.18. The van der Waals surface area contributed by atoms with Crippen molar-refractivity contribution in [1.82, 2.24) is 9.88 Å². The molecule has 1 aromatic carbocycles. The molecule has 0 aliphatic carbocycles. The molecule has 1 aromatic heterocycles. The number of carboxylic acid groups (broad SMARTS) is 1. The van der Waals surface area contributed by atoms with Crippen molar-refractivity contribution in [2.45, 2.75) is 6.42 Å². The molecule has 1 aliphatic heterocycles. The molecule has 1 N–H and O–H groups in total. The molecule has 1 fully saturated rings. The van der Waals surface area contributed by atoms with Crippen LogP contribution in [0.1, 0.15) is 16.1 Å². The smallest absolute Gasteiger partial charge is 0.354 e. The lowest BCUT2D eigenvalue weighted by Crippen LogP contribution is -2.47. The van der Waals surface area contributed by atoms with Crippen LogP contribution in [0, 0.1) is 0 Å². The molecule has 0 spiro atoms. The average molecular weight is 311 g/mol. The molecular weight excluding hydrogens is 290 g/mol. The Hall–Kier alpha value is -2.40. The number of aromatic carboxylic acids is 1. The molecule has 0 amide bonds. The number of piperazine rings is 1. The van der Waals surface area contributed by atoms with Gasteiger partial charge in [0.15, 0.2) is 5.69 Å². The van der Waals surface area contributed by atoms with Crippen molar-refractivity contribution in [3.63, 3.8) is 0 Å². The van der Waals surface area contributed by atoms with Gasteiger partial charge in [-0.3, -0.25) is 4.90 Å². The van der Waals surface area contributed by atoms with Gasteiger partial charge in [-0.15, -0.1) is 0 Å². The second-order valence-electron chi connectivity index (χ2n) is 5.75. The lowest BCUT2D eigenvalue weighted by atomic mass is 10.1. The fourth-order valence-corrected chi connectivity index (χ4v) is 2.85. The fraction of sp³-hybridized carbons (Fsp3) is 0.333. The van der Waals surface area contributed by atoms with E-state index < -0.39 is 5.97 Å². The number of benzene rings is 1. The van der Waals surface area contributed by atoms with Crippen LogP contribution in [0.4, 0.5) is 5.82 Å². The summed E-state index contributed by atoms with van der Waals surface area (Å²) in [5.41, 5.74) is 1.47. The van der Waals surface area contributed by atoms with Crippen LogP contribution in [0.3, 0.4) is 0 Å². The molecule has 2 aromatic rings. The fourth-order valence-electron chi connectivity index (χ4n) is 2.85. The van der Waals surface area contributed by atoms with Gasteiger partial charge in [0.1, 0.15) is 5.82 Å². The normalized spacial score (nSPS) is 15.6. The molecule has 5 heteroatoms. The zero-order valence-corrected chi connectivity index (χ0v) is 13.1. The summed E-state index contributed by atoms with van der Waals surface area (Å²) in [7, 11) is 0. The monoisotopic (exact) mass is 311 g/mol. The van der Waals surface area contributed by atoms with E-state index >= 15 is 0 Å². The Morgan fingerprint density at radius 2 is 1.74 bits per heavy atom. The minimum absolute atomic E-state index is 0.106. The van der Waals surface area contributed by atoms with Gasteiger partial charge in [-0.1, -0.05) is 36.4 Å². The van der Waals surface area contributed by atoms with Gasteiger partial charge < -0.3 is 10.0 Å². The number of hydrogen-bond acceptors (Lipinski definition) is 4. The standard InChI is InChI=1S/C18H21N3O2/c22-18(23)16-7-4-8-17(19-16)21-13-11-20(12-14-21)10-9-15-5-2-1-3-6-15/h1-8H,9-14H2,(H,22,23). The summed E-state index contributed by atoms with van der Waals surface area (Å²) in [5.74, 6) is -0.221. The summed E-state index contributed by atoms with van der Waals surface area (Å²) >= 11 is 0. The van der Waals surface area contributed by atoms with Crippen LogP contribution < -0.4 is 4.90 Å². The van der Waals surface area contributed by atoms with Gasteiger partial charge in [0.25, 0.3) is 0 Å². The lowest BCUT2D eigenvalue weighted by Gasteiger charge is -2.35. The van der Waals surface area contributed by atoms with Gasteiger partial charge in [-0.25, -0.2) is 9.78 Å². The summed E-state index contributed by atoms with van der Waals surface area (Å²) in [6, 6.07) is 15.7. The largest absolute Gasteiger partial charge is 0.477 e. The van der Waals surface area contributed by atoms with E-state index in [4.69, 9.17) is 5.11 Å². The van der Waals surface area contributed by atoms with Crippen LogP contribution >= 0.6 is 0 Å². The van der Waals surface area contributed by atoms with E-state index in [1.54, 1.807) is 6.07 Å². The van der Waals surface area contributed by atoms with Crippen molar-refractivity contribution in [2.75, 3.05) is 37.6 Å². The summed E-state index contributed by atoms with van der Waals surface area (Å²) in [6.07, 6.45) is 1.06. The molecule has 5 nitrogen and oxygen atoms in total. The molecule has 0 unspecified atom stereocenters. The highest BCUT2D eigenvalue weighted by molar-refractivity contribution is 5.85. The van der Waals surface area contributed by atoms with Crippen molar-refractivity contribution >= 4 is 11.8 Å². The Bertz CT molecular complexity index is 652. The minimum atomic E-state index is -0.978. The maximum absolute atomic E-state index is 11.0. The molecule has 23 heavy (non-hydrogen) atoms. The number of aromatic nitrogens is 1. The Morgan fingerprint density at radius 3 is 2.43 bits per heavy atom. The Morgan fingerprint density at radius 1 is 1.00 bits per heavy atom. The SMILES string of the molecule is O=C(O)c1cccc(N2CCN(CCc3ccccc3)CC2)n1. The maximum atomic E-state index is 11.0. The maximum Gasteiger partial charge on any atom is 0.354 e. The van der Waals surface area contributed by atoms with Crippen molar-refractivity contribution in [3.05, 3.63) is 59.8 Å². The van der Waals surface area contributed by atoms with Gasteiger partial charge in [0.2, 0.25) is 0 Å². The van der Waals surface area contributed by atoms with Gasteiger partial charge in [-0.2, -0.15) is 0 Å². The van der Waals surface area contributed by atoms with Gasteiger partial charge >= 0.3 is 5.97 Å². The first-order chi connectivity index (χ1) is 11.2. The molecule has 2 heterocycles. The van der Waals surface area contributed by atoms with Crippen LogP contribution in [0.15, 0.2) is 48.5 Å². The molecule has 1 aliphatic rings. The quantitative estimate of drug-likeness (QED) is 0.917. The Kier molecular flexibility index (Phi) is 4.88. The van der Waals surface area contributed by atoms with Crippen molar-refractivity contribution in [2.24, 2.45) is 0 Å². The van der Waals surface area contributed by atoms with Gasteiger partial charge in [0.05, 0.1) is 0 Å². The van der Waals surface area contributed by atoms with E-state index in [0.717, 1.165) is 45.0 Å². The molecular formula is C18H21N3O2. The Labute approximate surface area is 136 Å². The number of rotatable bonds is 5. The predicted octanol–water partition coefficient (Wildman–Crippen LogP) is 2.14. The van der Waals surface area contributed by atoms with Crippen LogP contribution in [0.25, 0.3) is 0 Å². The molecule has 0 saturated carbocycles. The van der Waals surface area contributed by atoms with E-state index in [0.29, 0.717) is 0 Å². The van der Waals surface area contributed by atoms with Crippen molar-refractivity contribution in [1.29, 1.82) is 0 Å². The Balaban J connectivity index is 1.52. The second kappa shape index (κ2) is 7.24. The topological polar surface area (TPSA) is 56.7 Å². The minimum Gasteiger partial charge on any atom is -0.477 e. The first-order valence-electron chi connectivity index (χ1n) is 7.94. The second-order valence-corrected chi connectivity index (χ2v) is 5.75. The van der Waals surface area contributed by atoms with Crippen molar-refractivity contribution < 1.29 is 9.90 Å². The number of carbonyl (C=O) groups is 1. The highest BCUT2D eigenvalue weighted by Crippen LogP contribution is 2.14. The number of pyridine rings is 1. The lowest BCUT2D eigenvalue weighted by molar-refractivity contribution is 0.0690. The molecule has 120 valence electrons. The third kappa shape index (κ3) is 4.07. The summed E-state index contributed by atoms with van der Waals surface area (Å²) in [5, 5.41) is 9.04. The van der Waals surface area contributed by atoms with E-state index in [-0.39, 0.29) is 5.69 Å². The summed E-state index contributed by atoms with van der Waals surface area (Å²) in [6.45, 7) is 4.77. The molecule has 1 saturated heterocycles. The number of nitrogens with zero attached hydrogens (tertiary/aromatic N) is 3. The number of anilines is 1. The predicted molar refractivity (Wildman–Crippen MR) is 90.0 cm³/mol. The van der Waals surface area contributed by atoms with E-state index in [1.165, 1.54) is 11.6 Å². The molecule has 3 rings (SSSR count). The zero-order valence-electron chi connectivity index (χ0n) is 13.1. The van der Waals surface area contributed by atoms with Gasteiger partial charge in [-0.05, 0) is 24.1 Å².